The highest BCUT2D eigenvalue weighted by Gasteiger charge is 2.20. The third kappa shape index (κ3) is 5.70. The van der Waals surface area contributed by atoms with Crippen molar-refractivity contribution in [2.75, 3.05) is 19.7 Å². The van der Waals surface area contributed by atoms with Crippen molar-refractivity contribution >= 4 is 29.4 Å². The second-order valence-electron chi connectivity index (χ2n) is 4.24. The lowest BCUT2D eigenvalue weighted by atomic mass is 10.2. The van der Waals surface area contributed by atoms with Gasteiger partial charge in [0.25, 0.3) is 5.91 Å². The third-order valence-electron chi connectivity index (χ3n) is 2.50. The molecule has 8 heteroatoms. The minimum Gasteiger partial charge on any atom is -0.484 e. The van der Waals surface area contributed by atoms with Crippen molar-refractivity contribution in [2.45, 2.75) is 6.92 Å². The average molecular weight is 316 g/mol. The van der Waals surface area contributed by atoms with Gasteiger partial charge in [0.05, 0.1) is 0 Å². The number of hydrogen-bond donors (Lipinski definition) is 2. The molecule has 0 unspecified atom stereocenters. The first-order valence-corrected chi connectivity index (χ1v) is 6.27. The largest absolute Gasteiger partial charge is 0.484 e. The summed E-state index contributed by atoms with van der Waals surface area (Å²) in [7, 11) is 0. The Labute approximate surface area is 125 Å². The van der Waals surface area contributed by atoms with E-state index >= 15 is 0 Å². The van der Waals surface area contributed by atoms with Crippen LogP contribution in [0.15, 0.2) is 18.2 Å². The number of carbonyl (C=O) groups is 3. The molecule has 0 fully saturated rings. The number of amides is 1. The fraction of sp³-hybridized carbons (Fsp3) is 0.308. The van der Waals surface area contributed by atoms with Crippen LogP contribution in [0, 0.1) is 6.92 Å². The van der Waals surface area contributed by atoms with Crippen LogP contribution in [-0.2, 0) is 14.4 Å². The van der Waals surface area contributed by atoms with Crippen LogP contribution in [0.2, 0.25) is 5.02 Å². The van der Waals surface area contributed by atoms with E-state index in [1.54, 1.807) is 25.1 Å². The molecule has 0 aromatic heterocycles. The number of rotatable bonds is 7. The molecule has 1 amide bonds. The second-order valence-corrected chi connectivity index (χ2v) is 4.64. The summed E-state index contributed by atoms with van der Waals surface area (Å²) in [5.74, 6) is -2.94. The predicted octanol–water partition coefficient (Wildman–Crippen LogP) is 1.03. The number of carboxylic acid groups (broad SMARTS) is 2. The number of nitrogens with zero attached hydrogens (tertiary/aromatic N) is 1. The molecule has 0 aliphatic heterocycles. The van der Waals surface area contributed by atoms with Crippen molar-refractivity contribution in [2.24, 2.45) is 0 Å². The molecule has 21 heavy (non-hydrogen) atoms. The third-order valence-corrected chi connectivity index (χ3v) is 2.92. The lowest BCUT2D eigenvalue weighted by Crippen LogP contribution is -2.41. The van der Waals surface area contributed by atoms with E-state index in [1.807, 2.05) is 0 Å². The Hall–Kier alpha value is -2.28. The predicted molar refractivity (Wildman–Crippen MR) is 73.5 cm³/mol. The van der Waals surface area contributed by atoms with Crippen LogP contribution in [0.25, 0.3) is 0 Å². The summed E-state index contributed by atoms with van der Waals surface area (Å²) in [4.78, 5) is 33.7. The number of ether oxygens (including phenoxy) is 1. The van der Waals surface area contributed by atoms with Crippen LogP contribution in [0.4, 0.5) is 0 Å². The number of halogens is 1. The summed E-state index contributed by atoms with van der Waals surface area (Å²) in [5.41, 5.74) is 0.759. The molecular weight excluding hydrogens is 302 g/mol. The topological polar surface area (TPSA) is 104 Å². The van der Waals surface area contributed by atoms with Crippen LogP contribution in [-0.4, -0.2) is 52.7 Å². The number of carbonyl (C=O) groups excluding carboxylic acids is 1. The fourth-order valence-corrected chi connectivity index (χ4v) is 1.62. The Kier molecular flexibility index (Phi) is 5.98. The van der Waals surface area contributed by atoms with Crippen molar-refractivity contribution < 1.29 is 29.3 Å². The molecule has 0 heterocycles. The van der Waals surface area contributed by atoms with E-state index in [4.69, 9.17) is 26.6 Å². The zero-order valence-electron chi connectivity index (χ0n) is 11.2. The smallest absolute Gasteiger partial charge is 0.323 e. The number of aryl methyl sites for hydroxylation is 1. The number of hydrogen-bond acceptors (Lipinski definition) is 4. The summed E-state index contributed by atoms with van der Waals surface area (Å²) in [6.45, 7) is -0.0952. The van der Waals surface area contributed by atoms with E-state index < -0.39 is 37.5 Å². The molecule has 1 rings (SSSR count). The molecule has 0 saturated carbocycles. The van der Waals surface area contributed by atoms with Gasteiger partial charge in [-0.15, -0.1) is 0 Å². The molecule has 2 N–H and O–H groups in total. The van der Waals surface area contributed by atoms with E-state index in [1.165, 1.54) is 0 Å². The minimum atomic E-state index is -1.30. The maximum Gasteiger partial charge on any atom is 0.323 e. The molecular formula is C13H14ClNO6. The summed E-state index contributed by atoms with van der Waals surface area (Å²) in [5, 5.41) is 17.9. The van der Waals surface area contributed by atoms with Crippen molar-refractivity contribution in [1.29, 1.82) is 0 Å². The van der Waals surface area contributed by atoms with E-state index in [-0.39, 0.29) is 0 Å². The standard InChI is InChI=1S/C13H14ClNO6/c1-8-4-9(2-3-10(8)14)21-7-11(16)15(5-12(17)18)6-13(19)20/h2-4H,5-7H2,1H3,(H,17,18)(H,19,20). The first-order valence-electron chi connectivity index (χ1n) is 5.90. The molecule has 0 aliphatic carbocycles. The fourth-order valence-electron chi connectivity index (χ4n) is 1.50. The van der Waals surface area contributed by atoms with Crippen LogP contribution in [0.1, 0.15) is 5.56 Å². The molecule has 0 bridgehead atoms. The van der Waals surface area contributed by atoms with Crippen LogP contribution in [0.5, 0.6) is 5.75 Å². The molecule has 0 saturated heterocycles. The van der Waals surface area contributed by atoms with Gasteiger partial charge in [-0.05, 0) is 30.7 Å². The SMILES string of the molecule is Cc1cc(OCC(=O)N(CC(=O)O)CC(=O)O)ccc1Cl. The van der Waals surface area contributed by atoms with Gasteiger partial charge in [-0.3, -0.25) is 14.4 Å². The van der Waals surface area contributed by atoms with Crippen molar-refractivity contribution in [1.82, 2.24) is 4.90 Å². The van der Waals surface area contributed by atoms with Gasteiger partial charge in [0.2, 0.25) is 0 Å². The van der Waals surface area contributed by atoms with Crippen molar-refractivity contribution in [3.05, 3.63) is 28.8 Å². The highest BCUT2D eigenvalue weighted by Crippen LogP contribution is 2.20. The summed E-state index contributed by atoms with van der Waals surface area (Å²) in [6.07, 6.45) is 0. The highest BCUT2D eigenvalue weighted by atomic mass is 35.5. The minimum absolute atomic E-state index is 0.385. The molecule has 1 aromatic carbocycles. The molecule has 0 aliphatic rings. The number of carboxylic acids is 2. The van der Waals surface area contributed by atoms with Gasteiger partial charge in [0.15, 0.2) is 6.61 Å². The first kappa shape index (κ1) is 16.8. The Balaban J connectivity index is 2.65. The zero-order valence-corrected chi connectivity index (χ0v) is 12.0. The maximum absolute atomic E-state index is 11.8. The van der Waals surface area contributed by atoms with Crippen LogP contribution in [0.3, 0.4) is 0 Å². The molecule has 0 radical (unpaired) electrons. The van der Waals surface area contributed by atoms with Crippen LogP contribution >= 0.6 is 11.6 Å². The van der Waals surface area contributed by atoms with Crippen molar-refractivity contribution in [3.8, 4) is 5.75 Å². The quantitative estimate of drug-likeness (QED) is 0.778. The van der Waals surface area contributed by atoms with Gasteiger partial charge in [0.1, 0.15) is 18.8 Å². The molecule has 0 atom stereocenters. The molecule has 7 nitrogen and oxygen atoms in total. The van der Waals surface area contributed by atoms with Crippen LogP contribution < -0.4 is 4.74 Å². The zero-order chi connectivity index (χ0) is 16.0. The van der Waals surface area contributed by atoms with Gasteiger partial charge in [-0.2, -0.15) is 0 Å². The van der Waals surface area contributed by atoms with Gasteiger partial charge in [-0.1, -0.05) is 11.6 Å². The van der Waals surface area contributed by atoms with E-state index in [0.717, 1.165) is 5.56 Å². The summed E-state index contributed by atoms with van der Waals surface area (Å²) in [6, 6.07) is 4.78. The van der Waals surface area contributed by atoms with Gasteiger partial charge in [-0.25, -0.2) is 0 Å². The van der Waals surface area contributed by atoms with Gasteiger partial charge < -0.3 is 19.8 Å². The van der Waals surface area contributed by atoms with Gasteiger partial charge >= 0.3 is 11.9 Å². The van der Waals surface area contributed by atoms with Gasteiger partial charge in [0, 0.05) is 5.02 Å². The van der Waals surface area contributed by atoms with E-state index in [2.05, 4.69) is 0 Å². The molecule has 1 aromatic rings. The monoisotopic (exact) mass is 315 g/mol. The molecule has 0 spiro atoms. The van der Waals surface area contributed by atoms with E-state index in [9.17, 15) is 14.4 Å². The molecule has 114 valence electrons. The Bertz CT molecular complexity index is 544. The number of aliphatic carboxylic acids is 2. The van der Waals surface area contributed by atoms with E-state index in [0.29, 0.717) is 15.7 Å². The lowest BCUT2D eigenvalue weighted by Gasteiger charge is -2.18. The Morgan fingerprint density at radius 2 is 1.76 bits per heavy atom. The second kappa shape index (κ2) is 7.49. The lowest BCUT2D eigenvalue weighted by molar-refractivity contribution is -0.150. The Morgan fingerprint density at radius 3 is 2.24 bits per heavy atom. The maximum atomic E-state index is 11.8. The normalized spacial score (nSPS) is 10.0. The summed E-state index contributed by atoms with van der Waals surface area (Å²) >= 11 is 5.85. The highest BCUT2D eigenvalue weighted by molar-refractivity contribution is 6.31. The summed E-state index contributed by atoms with van der Waals surface area (Å²) < 4.78 is 5.21. The first-order chi connectivity index (χ1) is 9.79. The average Bonchev–Trinajstić information content (AvgIpc) is 2.38. The number of benzene rings is 1. The Morgan fingerprint density at radius 1 is 1.19 bits per heavy atom. The van der Waals surface area contributed by atoms with Crippen molar-refractivity contribution in [3.63, 3.8) is 0 Å².